The SMILES string of the molecule is Cc1ncc(S(=O)(=O)Nc2ccccc2Cl)[nH]1. The Labute approximate surface area is 104 Å². The Morgan fingerprint density at radius 1 is 1.35 bits per heavy atom. The smallest absolute Gasteiger partial charge is 0.279 e. The minimum atomic E-state index is -3.67. The van der Waals surface area contributed by atoms with Crippen molar-refractivity contribution in [2.75, 3.05) is 4.72 Å². The van der Waals surface area contributed by atoms with Crippen molar-refractivity contribution < 1.29 is 8.42 Å². The number of halogens is 1. The molecule has 17 heavy (non-hydrogen) atoms. The topological polar surface area (TPSA) is 74.8 Å². The van der Waals surface area contributed by atoms with E-state index in [9.17, 15) is 8.42 Å². The van der Waals surface area contributed by atoms with Crippen molar-refractivity contribution >= 4 is 27.3 Å². The average molecular weight is 272 g/mol. The summed E-state index contributed by atoms with van der Waals surface area (Å²) >= 11 is 5.87. The van der Waals surface area contributed by atoms with Gasteiger partial charge in [-0.1, -0.05) is 23.7 Å². The summed E-state index contributed by atoms with van der Waals surface area (Å²) in [4.78, 5) is 6.49. The van der Waals surface area contributed by atoms with Gasteiger partial charge in [0, 0.05) is 0 Å². The van der Waals surface area contributed by atoms with Gasteiger partial charge in [-0.15, -0.1) is 0 Å². The second-order valence-corrected chi connectivity index (χ2v) is 5.48. The highest BCUT2D eigenvalue weighted by atomic mass is 35.5. The second-order valence-electron chi connectivity index (χ2n) is 3.42. The molecule has 1 heterocycles. The van der Waals surface area contributed by atoms with Crippen LogP contribution >= 0.6 is 11.6 Å². The van der Waals surface area contributed by atoms with Crippen LogP contribution in [0.3, 0.4) is 0 Å². The molecule has 0 aliphatic carbocycles. The van der Waals surface area contributed by atoms with E-state index in [-0.39, 0.29) is 5.03 Å². The minimum Gasteiger partial charge on any atom is -0.332 e. The summed E-state index contributed by atoms with van der Waals surface area (Å²) in [5.41, 5.74) is 0.335. The van der Waals surface area contributed by atoms with Gasteiger partial charge in [-0.3, -0.25) is 4.72 Å². The number of sulfonamides is 1. The Kier molecular flexibility index (Phi) is 3.08. The number of aromatic amines is 1. The molecule has 0 bridgehead atoms. The Morgan fingerprint density at radius 3 is 2.65 bits per heavy atom. The monoisotopic (exact) mass is 271 g/mol. The molecular formula is C10H10ClN3O2S. The fraction of sp³-hybridized carbons (Fsp3) is 0.100. The van der Waals surface area contributed by atoms with Gasteiger partial charge in [-0.2, -0.15) is 8.42 Å². The molecule has 2 rings (SSSR count). The van der Waals surface area contributed by atoms with Gasteiger partial charge in [0.25, 0.3) is 10.0 Å². The molecule has 2 N–H and O–H groups in total. The number of aromatic nitrogens is 2. The minimum absolute atomic E-state index is 0.00918. The molecule has 0 saturated heterocycles. The Bertz CT molecular complexity index is 637. The third kappa shape index (κ3) is 2.59. The molecule has 0 radical (unpaired) electrons. The number of H-pyrrole nitrogens is 1. The summed E-state index contributed by atoms with van der Waals surface area (Å²) in [6.07, 6.45) is 1.26. The molecule has 0 atom stereocenters. The van der Waals surface area contributed by atoms with E-state index in [1.807, 2.05) is 0 Å². The standard InChI is InChI=1S/C10H10ClN3O2S/c1-7-12-6-10(13-7)17(15,16)14-9-5-3-2-4-8(9)11/h2-6,14H,1H3,(H,12,13). The predicted molar refractivity (Wildman–Crippen MR) is 65.6 cm³/mol. The van der Waals surface area contributed by atoms with Crippen LogP contribution in [0, 0.1) is 6.92 Å². The van der Waals surface area contributed by atoms with Crippen LogP contribution in [0.4, 0.5) is 5.69 Å². The van der Waals surface area contributed by atoms with E-state index in [4.69, 9.17) is 11.6 Å². The fourth-order valence-corrected chi connectivity index (χ4v) is 2.57. The number of rotatable bonds is 3. The Hall–Kier alpha value is -1.53. The lowest BCUT2D eigenvalue weighted by atomic mass is 10.3. The third-order valence-corrected chi connectivity index (χ3v) is 3.69. The molecule has 1 aromatic carbocycles. The molecule has 0 fully saturated rings. The second kappa shape index (κ2) is 4.38. The first-order chi connectivity index (χ1) is 7.99. The molecule has 90 valence electrons. The van der Waals surface area contributed by atoms with Gasteiger partial charge in [-0.05, 0) is 19.1 Å². The van der Waals surface area contributed by atoms with Crippen LogP contribution in [0.2, 0.25) is 5.02 Å². The summed E-state index contributed by atoms with van der Waals surface area (Å²) in [6.45, 7) is 1.68. The first-order valence-corrected chi connectivity index (χ1v) is 6.64. The highest BCUT2D eigenvalue weighted by Gasteiger charge is 2.17. The molecule has 7 heteroatoms. The van der Waals surface area contributed by atoms with Gasteiger partial charge in [0.2, 0.25) is 0 Å². The first kappa shape index (κ1) is 11.9. The third-order valence-electron chi connectivity index (χ3n) is 2.09. The normalized spacial score (nSPS) is 11.4. The number of aryl methyl sites for hydroxylation is 1. The number of anilines is 1. The summed E-state index contributed by atoms with van der Waals surface area (Å²) in [7, 11) is -3.67. The van der Waals surface area contributed by atoms with Gasteiger partial charge < -0.3 is 4.98 Å². The number of nitrogens with zero attached hydrogens (tertiary/aromatic N) is 1. The van der Waals surface area contributed by atoms with Crippen molar-refractivity contribution in [3.8, 4) is 0 Å². The first-order valence-electron chi connectivity index (χ1n) is 4.78. The van der Waals surface area contributed by atoms with Crippen molar-refractivity contribution in [1.29, 1.82) is 0 Å². The zero-order chi connectivity index (χ0) is 12.5. The summed E-state index contributed by atoms with van der Waals surface area (Å²) in [6, 6.07) is 6.61. The van der Waals surface area contributed by atoms with Crippen molar-refractivity contribution in [2.24, 2.45) is 0 Å². The van der Waals surface area contributed by atoms with E-state index in [1.165, 1.54) is 6.20 Å². The van der Waals surface area contributed by atoms with Crippen LogP contribution in [-0.2, 0) is 10.0 Å². The molecular weight excluding hydrogens is 262 g/mol. The van der Waals surface area contributed by atoms with Crippen molar-refractivity contribution in [1.82, 2.24) is 9.97 Å². The number of hydrogen-bond donors (Lipinski definition) is 2. The highest BCUT2D eigenvalue weighted by molar-refractivity contribution is 7.92. The maximum atomic E-state index is 11.9. The van der Waals surface area contributed by atoms with Gasteiger partial charge in [0.15, 0.2) is 5.03 Å². The van der Waals surface area contributed by atoms with Crippen molar-refractivity contribution in [2.45, 2.75) is 11.9 Å². The van der Waals surface area contributed by atoms with E-state index in [0.717, 1.165) is 0 Å². The van der Waals surface area contributed by atoms with Crippen LogP contribution in [0.1, 0.15) is 5.82 Å². The van der Waals surface area contributed by atoms with E-state index in [2.05, 4.69) is 14.7 Å². The fourth-order valence-electron chi connectivity index (χ4n) is 1.28. The number of imidazole rings is 1. The van der Waals surface area contributed by atoms with Crippen LogP contribution in [0.5, 0.6) is 0 Å². The molecule has 0 aliphatic heterocycles. The van der Waals surface area contributed by atoms with Gasteiger partial charge in [-0.25, -0.2) is 4.98 Å². The number of para-hydroxylation sites is 1. The van der Waals surface area contributed by atoms with Crippen LogP contribution in [0.25, 0.3) is 0 Å². The van der Waals surface area contributed by atoms with E-state index >= 15 is 0 Å². The number of nitrogens with one attached hydrogen (secondary N) is 2. The molecule has 2 aromatic rings. The van der Waals surface area contributed by atoms with Gasteiger partial charge in [0.1, 0.15) is 5.82 Å². The van der Waals surface area contributed by atoms with E-state index < -0.39 is 10.0 Å². The maximum Gasteiger partial charge on any atom is 0.279 e. The van der Waals surface area contributed by atoms with Crippen LogP contribution in [-0.4, -0.2) is 18.4 Å². The quantitative estimate of drug-likeness (QED) is 0.898. The summed E-state index contributed by atoms with van der Waals surface area (Å²) in [5.74, 6) is 0.532. The summed E-state index contributed by atoms with van der Waals surface area (Å²) in [5, 5.41) is 0.349. The van der Waals surface area contributed by atoms with Crippen LogP contribution < -0.4 is 4.72 Å². The summed E-state index contributed by atoms with van der Waals surface area (Å²) < 4.78 is 26.2. The zero-order valence-corrected chi connectivity index (χ0v) is 10.5. The van der Waals surface area contributed by atoms with Crippen molar-refractivity contribution in [3.63, 3.8) is 0 Å². The van der Waals surface area contributed by atoms with Gasteiger partial charge >= 0.3 is 0 Å². The molecule has 5 nitrogen and oxygen atoms in total. The molecule has 1 aromatic heterocycles. The largest absolute Gasteiger partial charge is 0.332 e. The zero-order valence-electron chi connectivity index (χ0n) is 8.94. The number of benzene rings is 1. The molecule has 0 amide bonds. The number of hydrogen-bond acceptors (Lipinski definition) is 3. The van der Waals surface area contributed by atoms with Crippen molar-refractivity contribution in [3.05, 3.63) is 41.3 Å². The van der Waals surface area contributed by atoms with E-state index in [1.54, 1.807) is 31.2 Å². The molecule has 0 saturated carbocycles. The highest BCUT2D eigenvalue weighted by Crippen LogP contribution is 2.23. The lowest BCUT2D eigenvalue weighted by molar-refractivity contribution is 0.598. The lowest BCUT2D eigenvalue weighted by Gasteiger charge is -2.07. The molecule has 0 unspecified atom stereocenters. The Morgan fingerprint density at radius 2 is 2.06 bits per heavy atom. The predicted octanol–water partition coefficient (Wildman–Crippen LogP) is 2.17. The lowest BCUT2D eigenvalue weighted by Crippen LogP contribution is -2.13. The van der Waals surface area contributed by atoms with E-state index in [0.29, 0.717) is 16.5 Å². The Balaban J connectivity index is 2.33. The average Bonchev–Trinajstić information content (AvgIpc) is 2.69. The van der Waals surface area contributed by atoms with Gasteiger partial charge in [0.05, 0.1) is 16.9 Å². The maximum absolute atomic E-state index is 11.9. The molecule has 0 spiro atoms. The van der Waals surface area contributed by atoms with Crippen LogP contribution in [0.15, 0.2) is 35.5 Å². The molecule has 0 aliphatic rings.